The Hall–Kier alpha value is -4.24. The van der Waals surface area contributed by atoms with Gasteiger partial charge in [0.25, 0.3) is 0 Å². The highest BCUT2D eigenvalue weighted by Crippen LogP contribution is 2.26. The molecule has 1 aliphatic carbocycles. The number of carboxylic acid groups (broad SMARTS) is 1. The van der Waals surface area contributed by atoms with Crippen molar-refractivity contribution in [3.63, 3.8) is 0 Å². The number of hydrogen-bond acceptors (Lipinski definition) is 4. The largest absolute Gasteiger partial charge is 0.492 e. The third kappa shape index (κ3) is 5.36. The molecule has 5 rings (SSSR count). The molecule has 1 heterocycles. The van der Waals surface area contributed by atoms with Gasteiger partial charge in [-0.15, -0.1) is 0 Å². The van der Waals surface area contributed by atoms with Crippen LogP contribution in [0.4, 0.5) is 0 Å². The first kappa shape index (κ1) is 23.5. The third-order valence-corrected chi connectivity index (χ3v) is 6.72. The Morgan fingerprint density at radius 2 is 1.75 bits per heavy atom. The van der Waals surface area contributed by atoms with E-state index in [0.717, 1.165) is 35.1 Å². The summed E-state index contributed by atoms with van der Waals surface area (Å²) in [5, 5.41) is 19.8. The first-order valence-corrected chi connectivity index (χ1v) is 12.3. The number of carboxylic acids is 1. The summed E-state index contributed by atoms with van der Waals surface area (Å²) in [7, 11) is 0. The Bertz CT molecular complexity index is 1420. The Balaban J connectivity index is 1.17. The van der Waals surface area contributed by atoms with E-state index < -0.39 is 12.1 Å². The molecule has 0 saturated heterocycles. The Morgan fingerprint density at radius 3 is 2.53 bits per heavy atom. The summed E-state index contributed by atoms with van der Waals surface area (Å²) in [5.74, 6) is 0.364. The smallest absolute Gasteiger partial charge is 0.345 e. The van der Waals surface area contributed by atoms with E-state index in [2.05, 4.69) is 16.7 Å². The van der Waals surface area contributed by atoms with Gasteiger partial charge < -0.3 is 19.1 Å². The molecular weight excluding hydrogens is 452 g/mol. The monoisotopic (exact) mass is 480 g/mol. The van der Waals surface area contributed by atoms with Crippen LogP contribution < -0.4 is 9.47 Å². The summed E-state index contributed by atoms with van der Waals surface area (Å²) >= 11 is 0. The molecule has 0 aliphatic heterocycles. The molecule has 6 nitrogen and oxygen atoms in total. The molecule has 0 saturated carbocycles. The van der Waals surface area contributed by atoms with Crippen LogP contribution in [0, 0.1) is 11.3 Å². The fraction of sp³-hybridized carbons (Fsp3) is 0.267. The Labute approximate surface area is 210 Å². The zero-order chi connectivity index (χ0) is 24.9. The lowest BCUT2D eigenvalue weighted by Gasteiger charge is -2.19. The van der Waals surface area contributed by atoms with Gasteiger partial charge in [-0.05, 0) is 90.9 Å². The van der Waals surface area contributed by atoms with Crippen LogP contribution in [-0.4, -0.2) is 28.4 Å². The maximum Gasteiger partial charge on any atom is 0.345 e. The Kier molecular flexibility index (Phi) is 6.90. The molecule has 1 aromatic heterocycles. The van der Waals surface area contributed by atoms with Gasteiger partial charge in [0, 0.05) is 23.5 Å². The molecule has 4 aromatic rings. The van der Waals surface area contributed by atoms with Gasteiger partial charge in [0.05, 0.1) is 18.2 Å². The van der Waals surface area contributed by atoms with Gasteiger partial charge in [-0.1, -0.05) is 18.2 Å². The number of hydrogen-bond donors (Lipinski definition) is 1. The maximum absolute atomic E-state index is 11.9. The molecule has 1 aliphatic rings. The highest BCUT2D eigenvalue weighted by atomic mass is 16.5. The van der Waals surface area contributed by atoms with Crippen LogP contribution in [0.2, 0.25) is 0 Å². The number of carbonyl (C=O) groups is 1. The normalized spacial score (nSPS) is 13.5. The van der Waals surface area contributed by atoms with Gasteiger partial charge in [-0.3, -0.25) is 0 Å². The van der Waals surface area contributed by atoms with Crippen molar-refractivity contribution in [2.75, 3.05) is 6.61 Å². The topological polar surface area (TPSA) is 84.5 Å². The summed E-state index contributed by atoms with van der Waals surface area (Å²) < 4.78 is 13.9. The number of aromatic nitrogens is 1. The molecule has 0 fully saturated rings. The van der Waals surface area contributed by atoms with Crippen molar-refractivity contribution in [1.82, 2.24) is 4.57 Å². The van der Waals surface area contributed by atoms with Crippen LogP contribution >= 0.6 is 0 Å². The number of aliphatic carboxylic acids is 1. The molecule has 0 amide bonds. The molecule has 36 heavy (non-hydrogen) atoms. The van der Waals surface area contributed by atoms with E-state index in [-0.39, 0.29) is 6.42 Å². The third-order valence-electron chi connectivity index (χ3n) is 6.72. The summed E-state index contributed by atoms with van der Waals surface area (Å²) in [4.78, 5) is 11.9. The fourth-order valence-corrected chi connectivity index (χ4v) is 4.79. The molecule has 1 unspecified atom stereocenters. The second-order valence-corrected chi connectivity index (χ2v) is 9.17. The SMILES string of the molecule is N#Cc1ccc2c(ccn2CCOc2ccc(CC(Oc3ccc4c(c3)CCCC4)C(=O)O)cc2)c1. The molecule has 6 heteroatoms. The lowest BCUT2D eigenvalue weighted by atomic mass is 9.92. The molecule has 3 aromatic carbocycles. The van der Waals surface area contributed by atoms with Gasteiger partial charge in [-0.25, -0.2) is 4.79 Å². The zero-order valence-electron chi connectivity index (χ0n) is 20.0. The molecule has 0 bridgehead atoms. The molecule has 0 radical (unpaired) electrons. The Morgan fingerprint density at radius 1 is 0.972 bits per heavy atom. The van der Waals surface area contributed by atoms with Crippen molar-refractivity contribution in [3.8, 4) is 17.6 Å². The lowest BCUT2D eigenvalue weighted by Crippen LogP contribution is -2.29. The number of nitriles is 1. The minimum absolute atomic E-state index is 0.271. The van der Waals surface area contributed by atoms with Gasteiger partial charge >= 0.3 is 5.97 Å². The molecule has 1 N–H and O–H groups in total. The average Bonchev–Trinajstić information content (AvgIpc) is 3.31. The van der Waals surface area contributed by atoms with E-state index in [0.29, 0.717) is 24.5 Å². The number of ether oxygens (including phenoxy) is 2. The number of benzene rings is 3. The second kappa shape index (κ2) is 10.6. The van der Waals surface area contributed by atoms with Crippen molar-refractivity contribution in [1.29, 1.82) is 5.26 Å². The molecule has 1 atom stereocenters. The zero-order valence-corrected chi connectivity index (χ0v) is 20.0. The number of aryl methyl sites for hydroxylation is 2. The van der Waals surface area contributed by atoms with Crippen molar-refractivity contribution in [2.45, 2.75) is 44.8 Å². The van der Waals surface area contributed by atoms with E-state index in [4.69, 9.17) is 14.7 Å². The predicted octanol–water partition coefficient (Wildman–Crippen LogP) is 5.55. The van der Waals surface area contributed by atoms with E-state index in [1.807, 2.05) is 66.9 Å². The quantitative estimate of drug-likeness (QED) is 0.340. The van der Waals surface area contributed by atoms with E-state index in [1.54, 1.807) is 0 Å². The van der Waals surface area contributed by atoms with Crippen LogP contribution in [0.1, 0.15) is 35.1 Å². The van der Waals surface area contributed by atoms with Crippen LogP contribution in [0.3, 0.4) is 0 Å². The maximum atomic E-state index is 11.9. The molecular formula is C30H28N2O4. The number of nitrogens with zero attached hydrogens (tertiary/aromatic N) is 2. The minimum Gasteiger partial charge on any atom is -0.492 e. The van der Waals surface area contributed by atoms with Gasteiger partial charge in [0.1, 0.15) is 18.1 Å². The van der Waals surface area contributed by atoms with Gasteiger partial charge in [0.2, 0.25) is 0 Å². The second-order valence-electron chi connectivity index (χ2n) is 9.17. The van der Waals surface area contributed by atoms with Crippen molar-refractivity contribution in [2.24, 2.45) is 0 Å². The van der Waals surface area contributed by atoms with Crippen LogP contribution in [-0.2, 0) is 30.6 Å². The van der Waals surface area contributed by atoms with Crippen molar-refractivity contribution < 1.29 is 19.4 Å². The molecule has 0 spiro atoms. The summed E-state index contributed by atoms with van der Waals surface area (Å²) in [6.07, 6.45) is 5.78. The first-order valence-electron chi connectivity index (χ1n) is 12.3. The summed E-state index contributed by atoms with van der Waals surface area (Å²) in [6, 6.07) is 23.2. The van der Waals surface area contributed by atoms with E-state index in [1.165, 1.54) is 24.0 Å². The molecule has 182 valence electrons. The first-order chi connectivity index (χ1) is 17.6. The minimum atomic E-state index is -0.978. The highest BCUT2D eigenvalue weighted by molar-refractivity contribution is 5.81. The highest BCUT2D eigenvalue weighted by Gasteiger charge is 2.21. The summed E-state index contributed by atoms with van der Waals surface area (Å²) in [6.45, 7) is 1.16. The van der Waals surface area contributed by atoms with Gasteiger partial charge in [-0.2, -0.15) is 5.26 Å². The van der Waals surface area contributed by atoms with Crippen LogP contribution in [0.15, 0.2) is 72.9 Å². The van der Waals surface area contributed by atoms with Crippen molar-refractivity contribution >= 4 is 16.9 Å². The lowest BCUT2D eigenvalue weighted by molar-refractivity contribution is -0.145. The van der Waals surface area contributed by atoms with Crippen LogP contribution in [0.5, 0.6) is 11.5 Å². The van der Waals surface area contributed by atoms with E-state index in [9.17, 15) is 9.90 Å². The predicted molar refractivity (Wildman–Crippen MR) is 137 cm³/mol. The standard InChI is InChI=1S/C30H28N2O4/c31-20-22-7-12-28-25(17-22)13-14-32(28)15-16-35-26-9-5-21(6-10-26)18-29(30(33)34)36-27-11-8-23-3-1-2-4-24(23)19-27/h5-14,17,19,29H,1-4,15-16,18H2,(H,33,34). The number of fused-ring (bicyclic) bond motifs is 2. The number of rotatable bonds is 9. The van der Waals surface area contributed by atoms with E-state index >= 15 is 0 Å². The summed E-state index contributed by atoms with van der Waals surface area (Å²) in [5.41, 5.74) is 5.19. The average molecular weight is 481 g/mol. The van der Waals surface area contributed by atoms with Crippen molar-refractivity contribution in [3.05, 3.63) is 95.2 Å². The van der Waals surface area contributed by atoms with Crippen LogP contribution in [0.25, 0.3) is 10.9 Å². The van der Waals surface area contributed by atoms with Gasteiger partial charge in [0.15, 0.2) is 6.10 Å². The fourth-order valence-electron chi connectivity index (χ4n) is 4.79.